The molecule has 1 atom stereocenters. The van der Waals surface area contributed by atoms with Gasteiger partial charge in [0.15, 0.2) is 0 Å². The molecule has 1 N–H and O–H groups in total. The zero-order chi connectivity index (χ0) is 16.8. The molecule has 0 spiro atoms. The van der Waals surface area contributed by atoms with Crippen molar-refractivity contribution in [1.82, 2.24) is 14.7 Å². The van der Waals surface area contributed by atoms with E-state index >= 15 is 0 Å². The fourth-order valence-electron chi connectivity index (χ4n) is 2.71. The topological polar surface area (TPSA) is 93.7 Å². The number of ether oxygens (including phenoxy) is 1. The summed E-state index contributed by atoms with van der Waals surface area (Å²) >= 11 is 0. The first-order valence-electron chi connectivity index (χ1n) is 8.13. The molecule has 1 fully saturated rings. The Kier molecular flexibility index (Phi) is 6.49. The van der Waals surface area contributed by atoms with Crippen LogP contribution >= 0.6 is 0 Å². The summed E-state index contributed by atoms with van der Waals surface area (Å²) < 4.78 is 7.27. The van der Waals surface area contributed by atoms with Crippen molar-refractivity contribution in [3.8, 4) is 0 Å². The summed E-state index contributed by atoms with van der Waals surface area (Å²) in [5.41, 5.74) is -0.0553. The average Bonchev–Trinajstić information content (AvgIpc) is 2.95. The lowest BCUT2D eigenvalue weighted by Crippen LogP contribution is -2.42. The first kappa shape index (κ1) is 17.8. The summed E-state index contributed by atoms with van der Waals surface area (Å²) in [5, 5.41) is 24.7. The number of rotatable bonds is 8. The van der Waals surface area contributed by atoms with Gasteiger partial charge in [0.25, 0.3) is 0 Å². The maximum atomic E-state index is 10.6. The van der Waals surface area contributed by atoms with E-state index in [2.05, 4.69) is 23.8 Å². The van der Waals surface area contributed by atoms with E-state index in [1.54, 1.807) is 0 Å². The molecule has 130 valence electrons. The van der Waals surface area contributed by atoms with Crippen LogP contribution in [0.3, 0.4) is 0 Å². The molecule has 0 saturated carbocycles. The number of aliphatic hydroxyl groups is 1. The van der Waals surface area contributed by atoms with Crippen molar-refractivity contribution < 1.29 is 14.8 Å². The predicted octanol–water partition coefficient (Wildman–Crippen LogP) is 1.29. The minimum atomic E-state index is -0.595. The number of β-amino-alcohol motifs (C(OH)–C–C–N with tert-alkyl or cyclic N) is 1. The third-order valence-corrected chi connectivity index (χ3v) is 3.90. The highest BCUT2D eigenvalue weighted by Crippen LogP contribution is 2.15. The molecule has 0 bridgehead atoms. The van der Waals surface area contributed by atoms with Crippen LogP contribution in [0.4, 0.5) is 5.69 Å². The van der Waals surface area contributed by atoms with Crippen molar-refractivity contribution >= 4 is 5.69 Å². The average molecular weight is 326 g/mol. The summed E-state index contributed by atoms with van der Waals surface area (Å²) in [5.74, 6) is 0.549. The fraction of sp³-hybridized carbons (Fsp3) is 0.800. The monoisotopic (exact) mass is 326 g/mol. The Labute approximate surface area is 136 Å². The summed E-state index contributed by atoms with van der Waals surface area (Å²) in [6, 6.07) is 0. The van der Waals surface area contributed by atoms with Crippen molar-refractivity contribution in [1.29, 1.82) is 0 Å². The first-order valence-corrected chi connectivity index (χ1v) is 8.13. The molecule has 2 rings (SSSR count). The van der Waals surface area contributed by atoms with Gasteiger partial charge in [0.1, 0.15) is 12.4 Å². The van der Waals surface area contributed by atoms with E-state index in [-0.39, 0.29) is 12.2 Å². The van der Waals surface area contributed by atoms with Crippen LogP contribution in [0.2, 0.25) is 0 Å². The van der Waals surface area contributed by atoms with Gasteiger partial charge in [0.05, 0.1) is 23.7 Å². The second-order valence-corrected chi connectivity index (χ2v) is 6.56. The number of hydrogen-bond acceptors (Lipinski definition) is 6. The Balaban J connectivity index is 1.69. The van der Waals surface area contributed by atoms with Crippen molar-refractivity contribution in [3.05, 3.63) is 22.5 Å². The predicted molar refractivity (Wildman–Crippen MR) is 85.1 cm³/mol. The second-order valence-electron chi connectivity index (χ2n) is 6.56. The van der Waals surface area contributed by atoms with Crippen LogP contribution in [0.5, 0.6) is 0 Å². The number of aliphatic hydroxyl groups excluding tert-OH is 1. The molecule has 1 aromatic rings. The van der Waals surface area contributed by atoms with Gasteiger partial charge in [-0.15, -0.1) is 0 Å². The zero-order valence-corrected chi connectivity index (χ0v) is 13.8. The van der Waals surface area contributed by atoms with E-state index in [9.17, 15) is 15.2 Å². The van der Waals surface area contributed by atoms with Crippen LogP contribution in [0.1, 0.15) is 26.7 Å². The zero-order valence-electron chi connectivity index (χ0n) is 13.8. The fourth-order valence-corrected chi connectivity index (χ4v) is 2.71. The largest absolute Gasteiger partial charge is 0.390 e. The molecule has 1 aromatic heterocycles. The SMILES string of the molecule is CC(C)COC1CCN(CC(O)Cn2cc([N+](=O)[O-])cn2)CC1. The van der Waals surface area contributed by atoms with Crippen LogP contribution in [-0.4, -0.2) is 63.2 Å². The van der Waals surface area contributed by atoms with E-state index < -0.39 is 11.0 Å². The number of nitro groups is 1. The van der Waals surface area contributed by atoms with Gasteiger partial charge in [-0.25, -0.2) is 0 Å². The van der Waals surface area contributed by atoms with Crippen molar-refractivity contribution in [2.45, 2.75) is 45.4 Å². The highest BCUT2D eigenvalue weighted by Gasteiger charge is 2.22. The normalized spacial score (nSPS) is 18.4. The van der Waals surface area contributed by atoms with Gasteiger partial charge >= 0.3 is 5.69 Å². The standard InChI is InChI=1S/C15H26N4O4/c1-12(2)11-23-15-3-5-17(6-4-15)9-14(20)10-18-8-13(7-16-18)19(21)22/h7-8,12,14-15,20H,3-6,9-11H2,1-2H3. The van der Waals surface area contributed by atoms with Crippen LogP contribution in [0, 0.1) is 16.0 Å². The third-order valence-electron chi connectivity index (χ3n) is 3.90. The molecule has 0 radical (unpaired) electrons. The lowest BCUT2D eigenvalue weighted by Gasteiger charge is -2.33. The van der Waals surface area contributed by atoms with Crippen LogP contribution in [0.25, 0.3) is 0 Å². The minimum absolute atomic E-state index is 0.0553. The highest BCUT2D eigenvalue weighted by molar-refractivity contribution is 5.20. The molecule has 1 saturated heterocycles. The Hall–Kier alpha value is -1.51. The van der Waals surface area contributed by atoms with Crippen molar-refractivity contribution in [2.75, 3.05) is 26.2 Å². The molecule has 1 aliphatic heterocycles. The van der Waals surface area contributed by atoms with Crippen LogP contribution in [-0.2, 0) is 11.3 Å². The Morgan fingerprint density at radius 2 is 2.13 bits per heavy atom. The van der Waals surface area contributed by atoms with Crippen molar-refractivity contribution in [2.24, 2.45) is 5.92 Å². The molecule has 2 heterocycles. The lowest BCUT2D eigenvalue weighted by molar-refractivity contribution is -0.385. The lowest BCUT2D eigenvalue weighted by atomic mass is 10.1. The van der Waals surface area contributed by atoms with Gasteiger partial charge in [-0.05, 0) is 18.8 Å². The van der Waals surface area contributed by atoms with Crippen LogP contribution in [0.15, 0.2) is 12.4 Å². The smallest absolute Gasteiger partial charge is 0.306 e. The molecule has 1 unspecified atom stereocenters. The second kappa shape index (κ2) is 8.37. The van der Waals surface area contributed by atoms with E-state index in [0.29, 0.717) is 18.6 Å². The molecule has 0 aromatic carbocycles. The molecule has 8 heteroatoms. The summed E-state index contributed by atoms with van der Waals surface area (Å²) in [6.07, 6.45) is 4.22. The van der Waals surface area contributed by atoms with E-state index in [1.807, 2.05) is 0 Å². The minimum Gasteiger partial charge on any atom is -0.390 e. The molecular weight excluding hydrogens is 300 g/mol. The third kappa shape index (κ3) is 5.89. The van der Waals surface area contributed by atoms with Crippen molar-refractivity contribution in [3.63, 3.8) is 0 Å². The Morgan fingerprint density at radius 1 is 1.43 bits per heavy atom. The summed E-state index contributed by atoms with van der Waals surface area (Å²) in [6.45, 7) is 7.70. The van der Waals surface area contributed by atoms with E-state index in [4.69, 9.17) is 4.74 Å². The summed E-state index contributed by atoms with van der Waals surface area (Å²) in [4.78, 5) is 12.3. The van der Waals surface area contributed by atoms with E-state index in [1.165, 1.54) is 17.1 Å². The molecule has 1 aliphatic rings. The van der Waals surface area contributed by atoms with Gasteiger partial charge < -0.3 is 14.7 Å². The summed E-state index contributed by atoms with van der Waals surface area (Å²) in [7, 11) is 0. The van der Waals surface area contributed by atoms with E-state index in [0.717, 1.165) is 32.5 Å². The molecule has 8 nitrogen and oxygen atoms in total. The number of likely N-dealkylation sites (tertiary alicyclic amines) is 1. The highest BCUT2D eigenvalue weighted by atomic mass is 16.6. The first-order chi connectivity index (χ1) is 10.9. The molecule has 0 amide bonds. The number of nitrogens with zero attached hydrogens (tertiary/aromatic N) is 4. The number of aromatic nitrogens is 2. The molecule has 23 heavy (non-hydrogen) atoms. The van der Waals surface area contributed by atoms with Gasteiger partial charge in [0.2, 0.25) is 0 Å². The van der Waals surface area contributed by atoms with Gasteiger partial charge in [-0.1, -0.05) is 13.8 Å². The number of piperidine rings is 1. The maximum Gasteiger partial charge on any atom is 0.306 e. The molecular formula is C15H26N4O4. The Morgan fingerprint density at radius 3 is 2.70 bits per heavy atom. The number of hydrogen-bond donors (Lipinski definition) is 1. The maximum absolute atomic E-state index is 10.6. The van der Waals surface area contributed by atoms with Gasteiger partial charge in [0, 0.05) is 26.2 Å². The molecule has 0 aliphatic carbocycles. The van der Waals surface area contributed by atoms with Gasteiger partial charge in [-0.3, -0.25) is 14.8 Å². The quantitative estimate of drug-likeness (QED) is 0.571. The van der Waals surface area contributed by atoms with Gasteiger partial charge in [-0.2, -0.15) is 5.10 Å². The van der Waals surface area contributed by atoms with Crippen LogP contribution < -0.4 is 0 Å². The Bertz CT molecular complexity index is 497.